The third kappa shape index (κ3) is 3.94. The molecule has 0 aliphatic rings. The average Bonchev–Trinajstić information content (AvgIpc) is 2.96. The predicted octanol–water partition coefficient (Wildman–Crippen LogP) is 3.62. The van der Waals surface area contributed by atoms with Crippen molar-refractivity contribution in [2.24, 2.45) is 0 Å². The van der Waals surface area contributed by atoms with Gasteiger partial charge < -0.3 is 15.5 Å². The number of pyridine rings is 1. The summed E-state index contributed by atoms with van der Waals surface area (Å²) in [6.07, 6.45) is 2.85. The molecule has 0 bridgehead atoms. The molecule has 25 heavy (non-hydrogen) atoms. The van der Waals surface area contributed by atoms with Gasteiger partial charge in [0.15, 0.2) is 5.16 Å². The highest BCUT2D eigenvalue weighted by atomic mass is 35.5. The fourth-order valence-electron chi connectivity index (χ4n) is 2.21. The Morgan fingerprint density at radius 1 is 1.44 bits per heavy atom. The monoisotopic (exact) mass is 378 g/mol. The predicted molar refractivity (Wildman–Crippen MR) is 97.8 cm³/mol. The van der Waals surface area contributed by atoms with E-state index in [2.05, 4.69) is 30.0 Å². The van der Waals surface area contributed by atoms with E-state index in [1.807, 2.05) is 13.0 Å². The van der Waals surface area contributed by atoms with Crippen LogP contribution in [0.2, 0.25) is 5.15 Å². The Morgan fingerprint density at radius 2 is 2.24 bits per heavy atom. The SMILES string of the molecule is COC(=O)Nc1c[nH]c2cnc(C(C)Sc3nc(N)cc(Cl)n3)cc12. The number of nitrogens with two attached hydrogens (primary N) is 1. The van der Waals surface area contributed by atoms with Crippen molar-refractivity contribution in [3.63, 3.8) is 0 Å². The number of amides is 1. The third-order valence-corrected chi connectivity index (χ3v) is 4.58. The molecule has 0 aromatic carbocycles. The summed E-state index contributed by atoms with van der Waals surface area (Å²) < 4.78 is 4.63. The normalized spacial score (nSPS) is 12.1. The first-order valence-corrected chi connectivity index (χ1v) is 8.50. The van der Waals surface area contributed by atoms with Crippen molar-refractivity contribution >= 4 is 51.9 Å². The summed E-state index contributed by atoms with van der Waals surface area (Å²) in [6, 6.07) is 3.38. The highest BCUT2D eigenvalue weighted by Gasteiger charge is 2.15. The van der Waals surface area contributed by atoms with Crippen LogP contribution >= 0.6 is 23.4 Å². The number of halogens is 1. The van der Waals surface area contributed by atoms with E-state index in [-0.39, 0.29) is 5.25 Å². The molecule has 1 amide bonds. The number of carbonyl (C=O) groups excluding carboxylic acids is 1. The fourth-order valence-corrected chi connectivity index (χ4v) is 3.33. The van der Waals surface area contributed by atoms with Crippen LogP contribution in [0.25, 0.3) is 10.9 Å². The molecule has 130 valence electrons. The second-order valence-electron chi connectivity index (χ2n) is 5.13. The minimum absolute atomic E-state index is 0.0526. The van der Waals surface area contributed by atoms with Gasteiger partial charge in [0.05, 0.1) is 35.5 Å². The van der Waals surface area contributed by atoms with Crippen LogP contribution in [0.3, 0.4) is 0 Å². The van der Waals surface area contributed by atoms with Gasteiger partial charge in [0, 0.05) is 17.6 Å². The van der Waals surface area contributed by atoms with Gasteiger partial charge >= 0.3 is 6.09 Å². The van der Waals surface area contributed by atoms with Gasteiger partial charge in [-0.2, -0.15) is 0 Å². The number of carbonyl (C=O) groups is 1. The maximum atomic E-state index is 11.4. The number of hydrogen-bond donors (Lipinski definition) is 3. The molecule has 0 fully saturated rings. The van der Waals surface area contributed by atoms with E-state index in [4.69, 9.17) is 17.3 Å². The molecule has 3 aromatic rings. The van der Waals surface area contributed by atoms with Crippen LogP contribution in [0.1, 0.15) is 17.9 Å². The molecule has 3 aromatic heterocycles. The second kappa shape index (κ2) is 7.16. The third-order valence-electron chi connectivity index (χ3n) is 3.40. The average molecular weight is 379 g/mol. The number of aromatic amines is 1. The first-order valence-electron chi connectivity index (χ1n) is 7.25. The fraction of sp³-hybridized carbons (Fsp3) is 0.200. The van der Waals surface area contributed by atoms with Crippen LogP contribution in [0.4, 0.5) is 16.3 Å². The van der Waals surface area contributed by atoms with E-state index in [0.29, 0.717) is 21.8 Å². The molecule has 8 nitrogen and oxygen atoms in total. The maximum Gasteiger partial charge on any atom is 0.411 e. The van der Waals surface area contributed by atoms with Crippen molar-refractivity contribution in [3.8, 4) is 0 Å². The van der Waals surface area contributed by atoms with Gasteiger partial charge in [-0.05, 0) is 13.0 Å². The van der Waals surface area contributed by atoms with Gasteiger partial charge in [-0.15, -0.1) is 0 Å². The molecular formula is C15H15ClN6O2S. The zero-order valence-corrected chi connectivity index (χ0v) is 15.0. The van der Waals surface area contributed by atoms with E-state index in [9.17, 15) is 4.79 Å². The Morgan fingerprint density at radius 3 is 2.96 bits per heavy atom. The molecule has 3 rings (SSSR count). The summed E-state index contributed by atoms with van der Waals surface area (Å²) in [7, 11) is 1.31. The van der Waals surface area contributed by atoms with Crippen molar-refractivity contribution in [2.75, 3.05) is 18.2 Å². The quantitative estimate of drug-likeness (QED) is 0.360. The molecule has 1 unspecified atom stereocenters. The van der Waals surface area contributed by atoms with Crippen molar-refractivity contribution in [2.45, 2.75) is 17.3 Å². The first-order chi connectivity index (χ1) is 12.0. The molecule has 0 aliphatic heterocycles. The van der Waals surface area contributed by atoms with E-state index in [1.165, 1.54) is 24.9 Å². The number of hydrogen-bond acceptors (Lipinski definition) is 7. The van der Waals surface area contributed by atoms with Gasteiger partial charge in [-0.3, -0.25) is 10.3 Å². The Hall–Kier alpha value is -2.52. The largest absolute Gasteiger partial charge is 0.453 e. The Bertz CT molecular complexity index is 911. The van der Waals surface area contributed by atoms with Gasteiger partial charge in [0.1, 0.15) is 11.0 Å². The number of H-pyrrole nitrogens is 1. The van der Waals surface area contributed by atoms with Gasteiger partial charge in [0.25, 0.3) is 0 Å². The molecule has 0 saturated carbocycles. The summed E-state index contributed by atoms with van der Waals surface area (Å²) in [4.78, 5) is 27.2. The molecule has 10 heteroatoms. The lowest BCUT2D eigenvalue weighted by Gasteiger charge is -2.10. The van der Waals surface area contributed by atoms with Gasteiger partial charge in [-0.1, -0.05) is 23.4 Å². The first kappa shape index (κ1) is 17.3. The lowest BCUT2D eigenvalue weighted by atomic mass is 10.2. The van der Waals surface area contributed by atoms with Gasteiger partial charge in [0.2, 0.25) is 0 Å². The molecule has 0 aliphatic carbocycles. The van der Waals surface area contributed by atoms with Crippen LogP contribution in [0, 0.1) is 0 Å². The van der Waals surface area contributed by atoms with E-state index >= 15 is 0 Å². The molecule has 4 N–H and O–H groups in total. The highest BCUT2D eigenvalue weighted by molar-refractivity contribution is 7.99. The number of fused-ring (bicyclic) bond motifs is 1. The number of nitrogen functional groups attached to an aromatic ring is 1. The topological polar surface area (TPSA) is 119 Å². The number of nitrogens with zero attached hydrogens (tertiary/aromatic N) is 3. The molecule has 0 spiro atoms. The van der Waals surface area contributed by atoms with Crippen LogP contribution < -0.4 is 11.1 Å². The molecule has 0 saturated heterocycles. The maximum absolute atomic E-state index is 11.4. The number of methoxy groups -OCH3 is 1. The number of thioether (sulfide) groups is 1. The van der Waals surface area contributed by atoms with Crippen LogP contribution in [-0.2, 0) is 4.74 Å². The van der Waals surface area contributed by atoms with Crippen molar-refractivity contribution in [3.05, 3.63) is 35.4 Å². The van der Waals surface area contributed by atoms with Crippen molar-refractivity contribution in [1.82, 2.24) is 19.9 Å². The highest BCUT2D eigenvalue weighted by Crippen LogP contribution is 2.34. The van der Waals surface area contributed by atoms with E-state index in [0.717, 1.165) is 16.6 Å². The minimum Gasteiger partial charge on any atom is -0.453 e. The zero-order chi connectivity index (χ0) is 18.0. The number of nitrogens with one attached hydrogen (secondary N) is 2. The standard InChI is InChI=1S/C15H15ClN6O2S/c1-7(25-14-21-12(16)4-13(17)22-14)9-3-8-10(5-18-9)19-6-11(8)20-15(23)24-2/h3-7,19H,1-2H3,(H,20,23)(H2,17,21,22). The van der Waals surface area contributed by atoms with Crippen molar-refractivity contribution in [1.29, 1.82) is 0 Å². The zero-order valence-electron chi connectivity index (χ0n) is 13.4. The lowest BCUT2D eigenvalue weighted by Crippen LogP contribution is -2.10. The van der Waals surface area contributed by atoms with E-state index < -0.39 is 6.09 Å². The summed E-state index contributed by atoms with van der Waals surface area (Å²) >= 11 is 7.30. The Labute approximate surface area is 152 Å². The Kier molecular flexibility index (Phi) is 4.95. The minimum atomic E-state index is -0.538. The van der Waals surface area contributed by atoms with Crippen LogP contribution in [0.15, 0.2) is 29.7 Å². The second-order valence-corrected chi connectivity index (χ2v) is 6.83. The molecular weight excluding hydrogens is 364 g/mol. The van der Waals surface area contributed by atoms with Gasteiger partial charge in [-0.25, -0.2) is 14.8 Å². The summed E-state index contributed by atoms with van der Waals surface area (Å²) in [5.41, 5.74) is 7.91. The number of ether oxygens (including phenoxy) is 1. The number of rotatable bonds is 4. The molecule has 3 heterocycles. The number of anilines is 2. The smallest absolute Gasteiger partial charge is 0.411 e. The summed E-state index contributed by atoms with van der Waals surface area (Å²) in [5.74, 6) is 0.313. The van der Waals surface area contributed by atoms with Crippen LogP contribution in [0.5, 0.6) is 0 Å². The molecule has 0 radical (unpaired) electrons. The Balaban J connectivity index is 1.87. The summed E-state index contributed by atoms with van der Waals surface area (Å²) in [6.45, 7) is 1.97. The lowest BCUT2D eigenvalue weighted by molar-refractivity contribution is 0.187. The number of aromatic nitrogens is 4. The van der Waals surface area contributed by atoms with E-state index in [1.54, 1.807) is 12.4 Å². The van der Waals surface area contributed by atoms with Crippen molar-refractivity contribution < 1.29 is 9.53 Å². The van der Waals surface area contributed by atoms with Crippen LogP contribution in [-0.4, -0.2) is 33.1 Å². The molecule has 1 atom stereocenters. The summed E-state index contributed by atoms with van der Waals surface area (Å²) in [5, 5.41) is 4.20.